The molecule has 0 saturated carbocycles. The van der Waals surface area contributed by atoms with E-state index in [1.54, 1.807) is 0 Å². The van der Waals surface area contributed by atoms with E-state index < -0.39 is 24.7 Å². The zero-order valence-electron chi connectivity index (χ0n) is 8.90. The molecule has 0 aliphatic carbocycles. The molecule has 0 fully saturated rings. The Labute approximate surface area is 95.6 Å². The molecule has 96 valence electrons. The smallest absolute Gasteiger partial charge is 0.311 e. The van der Waals surface area contributed by atoms with Gasteiger partial charge in [-0.2, -0.15) is 13.2 Å². The van der Waals surface area contributed by atoms with Gasteiger partial charge < -0.3 is 5.32 Å². The van der Waals surface area contributed by atoms with Crippen LogP contribution in [0, 0.1) is 0 Å². The van der Waals surface area contributed by atoms with E-state index in [-0.39, 0.29) is 0 Å². The standard InChI is InChI=1S/C11H12F5N/c12-10(13)7-17-6-5-8-1-3-9(4-2-8)11(14,15)16/h1-4,10,17H,5-7H2. The molecule has 17 heavy (non-hydrogen) atoms. The van der Waals surface area contributed by atoms with E-state index in [1.165, 1.54) is 12.1 Å². The monoisotopic (exact) mass is 253 g/mol. The lowest BCUT2D eigenvalue weighted by Crippen LogP contribution is -2.23. The van der Waals surface area contributed by atoms with Crippen LogP contribution in [0.15, 0.2) is 24.3 Å². The lowest BCUT2D eigenvalue weighted by Gasteiger charge is -2.08. The highest BCUT2D eigenvalue weighted by Gasteiger charge is 2.29. The van der Waals surface area contributed by atoms with Gasteiger partial charge in [0.1, 0.15) is 0 Å². The minimum Gasteiger partial charge on any atom is -0.311 e. The number of rotatable bonds is 5. The second-order valence-electron chi connectivity index (χ2n) is 3.54. The summed E-state index contributed by atoms with van der Waals surface area (Å²) in [7, 11) is 0. The molecule has 0 unspecified atom stereocenters. The highest BCUT2D eigenvalue weighted by atomic mass is 19.4. The normalized spacial score (nSPS) is 12.1. The largest absolute Gasteiger partial charge is 0.416 e. The predicted molar refractivity (Wildman–Crippen MR) is 54.0 cm³/mol. The molecule has 0 aliphatic rings. The van der Waals surface area contributed by atoms with Crippen LogP contribution in [-0.2, 0) is 12.6 Å². The Balaban J connectivity index is 2.41. The quantitative estimate of drug-likeness (QED) is 0.628. The molecule has 0 heterocycles. The molecule has 6 heteroatoms. The second kappa shape index (κ2) is 5.95. The van der Waals surface area contributed by atoms with Crippen molar-refractivity contribution >= 4 is 0 Å². The van der Waals surface area contributed by atoms with Crippen molar-refractivity contribution in [3.63, 3.8) is 0 Å². The fourth-order valence-corrected chi connectivity index (χ4v) is 1.30. The van der Waals surface area contributed by atoms with Gasteiger partial charge in [-0.15, -0.1) is 0 Å². The maximum atomic E-state index is 12.2. The van der Waals surface area contributed by atoms with E-state index in [2.05, 4.69) is 5.32 Å². The topological polar surface area (TPSA) is 12.0 Å². The van der Waals surface area contributed by atoms with Gasteiger partial charge in [0, 0.05) is 0 Å². The van der Waals surface area contributed by atoms with Gasteiger partial charge in [-0.05, 0) is 30.7 Å². The van der Waals surface area contributed by atoms with Crippen LogP contribution in [0.2, 0.25) is 0 Å². The van der Waals surface area contributed by atoms with E-state index >= 15 is 0 Å². The minimum absolute atomic E-state index is 0.315. The number of benzene rings is 1. The van der Waals surface area contributed by atoms with Crippen LogP contribution in [0.25, 0.3) is 0 Å². The van der Waals surface area contributed by atoms with Crippen molar-refractivity contribution in [2.24, 2.45) is 0 Å². The maximum absolute atomic E-state index is 12.2. The van der Waals surface area contributed by atoms with Crippen molar-refractivity contribution in [1.82, 2.24) is 5.32 Å². The molecule has 0 spiro atoms. The Morgan fingerprint density at radius 3 is 2.12 bits per heavy atom. The second-order valence-corrected chi connectivity index (χ2v) is 3.54. The van der Waals surface area contributed by atoms with Gasteiger partial charge in [0.15, 0.2) is 0 Å². The van der Waals surface area contributed by atoms with Crippen molar-refractivity contribution in [1.29, 1.82) is 0 Å². The van der Waals surface area contributed by atoms with Crippen LogP contribution in [0.4, 0.5) is 22.0 Å². The third kappa shape index (κ3) is 5.12. The average molecular weight is 253 g/mol. The summed E-state index contributed by atoms with van der Waals surface area (Å²) < 4.78 is 60.2. The molecular weight excluding hydrogens is 241 g/mol. The summed E-state index contributed by atoms with van der Waals surface area (Å²) in [5.74, 6) is 0. The van der Waals surface area contributed by atoms with Crippen LogP contribution >= 0.6 is 0 Å². The van der Waals surface area contributed by atoms with Gasteiger partial charge in [-0.3, -0.25) is 0 Å². The average Bonchev–Trinajstić information content (AvgIpc) is 2.23. The fourth-order valence-electron chi connectivity index (χ4n) is 1.30. The van der Waals surface area contributed by atoms with Gasteiger partial charge in [-0.1, -0.05) is 12.1 Å². The Bertz CT molecular complexity index is 331. The molecule has 1 nitrogen and oxygen atoms in total. The Kier molecular flexibility index (Phi) is 4.86. The van der Waals surface area contributed by atoms with E-state index in [9.17, 15) is 22.0 Å². The summed E-state index contributed by atoms with van der Waals surface area (Å²) in [6.45, 7) is -0.0870. The van der Waals surface area contributed by atoms with E-state index in [0.717, 1.165) is 12.1 Å². The third-order valence-corrected chi connectivity index (χ3v) is 2.17. The van der Waals surface area contributed by atoms with Crippen molar-refractivity contribution < 1.29 is 22.0 Å². The summed E-state index contributed by atoms with van der Waals surface area (Å²) in [6.07, 6.45) is -6.33. The highest BCUT2D eigenvalue weighted by molar-refractivity contribution is 5.24. The molecule has 0 aromatic heterocycles. The van der Waals surface area contributed by atoms with Gasteiger partial charge in [0.2, 0.25) is 0 Å². The van der Waals surface area contributed by atoms with Crippen molar-refractivity contribution in [2.75, 3.05) is 13.1 Å². The molecule has 1 aromatic rings. The first kappa shape index (κ1) is 13.9. The summed E-state index contributed by atoms with van der Waals surface area (Å²) >= 11 is 0. The fraction of sp³-hybridized carbons (Fsp3) is 0.455. The number of halogens is 5. The molecular formula is C11H12F5N. The number of hydrogen-bond donors (Lipinski definition) is 1. The molecule has 0 bridgehead atoms. The van der Waals surface area contributed by atoms with Crippen LogP contribution in [-0.4, -0.2) is 19.5 Å². The van der Waals surface area contributed by atoms with Crippen LogP contribution < -0.4 is 5.32 Å². The first-order valence-corrected chi connectivity index (χ1v) is 5.04. The number of nitrogens with one attached hydrogen (secondary N) is 1. The summed E-state index contributed by atoms with van der Waals surface area (Å²) in [4.78, 5) is 0. The summed E-state index contributed by atoms with van der Waals surface area (Å²) in [5, 5.41) is 2.51. The van der Waals surface area contributed by atoms with E-state index in [4.69, 9.17) is 0 Å². The minimum atomic E-state index is -4.34. The van der Waals surface area contributed by atoms with Gasteiger partial charge in [0.05, 0.1) is 12.1 Å². The lowest BCUT2D eigenvalue weighted by atomic mass is 10.1. The molecule has 0 amide bonds. The highest BCUT2D eigenvalue weighted by Crippen LogP contribution is 2.29. The SMILES string of the molecule is FC(F)CNCCc1ccc(C(F)(F)F)cc1. The van der Waals surface area contributed by atoms with E-state index in [1.807, 2.05) is 0 Å². The molecule has 0 radical (unpaired) electrons. The van der Waals surface area contributed by atoms with Crippen molar-refractivity contribution in [3.05, 3.63) is 35.4 Å². The summed E-state index contributed by atoms with van der Waals surface area (Å²) in [6, 6.07) is 4.69. The Morgan fingerprint density at radius 1 is 1.06 bits per heavy atom. The van der Waals surface area contributed by atoms with Gasteiger partial charge in [-0.25, -0.2) is 8.78 Å². The van der Waals surface area contributed by atoms with Crippen LogP contribution in [0.5, 0.6) is 0 Å². The van der Waals surface area contributed by atoms with Crippen LogP contribution in [0.1, 0.15) is 11.1 Å². The number of hydrogen-bond acceptors (Lipinski definition) is 1. The molecule has 0 saturated heterocycles. The zero-order valence-corrected chi connectivity index (χ0v) is 8.90. The van der Waals surface area contributed by atoms with Gasteiger partial charge >= 0.3 is 6.18 Å². The van der Waals surface area contributed by atoms with Crippen molar-refractivity contribution in [2.45, 2.75) is 19.0 Å². The molecule has 0 atom stereocenters. The molecule has 0 aliphatic heterocycles. The van der Waals surface area contributed by atoms with Crippen LogP contribution in [0.3, 0.4) is 0 Å². The molecule has 1 N–H and O–H groups in total. The van der Waals surface area contributed by atoms with Crippen molar-refractivity contribution in [3.8, 4) is 0 Å². The predicted octanol–water partition coefficient (Wildman–Crippen LogP) is 3.10. The lowest BCUT2D eigenvalue weighted by molar-refractivity contribution is -0.137. The molecule has 1 rings (SSSR count). The third-order valence-electron chi connectivity index (χ3n) is 2.17. The first-order valence-electron chi connectivity index (χ1n) is 5.04. The Hall–Kier alpha value is -1.17. The number of alkyl halides is 5. The van der Waals surface area contributed by atoms with Gasteiger partial charge in [0.25, 0.3) is 6.43 Å². The maximum Gasteiger partial charge on any atom is 0.416 e. The molecule has 1 aromatic carbocycles. The zero-order chi connectivity index (χ0) is 12.9. The van der Waals surface area contributed by atoms with E-state index in [0.29, 0.717) is 18.5 Å². The summed E-state index contributed by atoms with van der Waals surface area (Å²) in [5.41, 5.74) is -0.0263. The first-order chi connectivity index (χ1) is 7.89. The Morgan fingerprint density at radius 2 is 1.65 bits per heavy atom.